The SMILES string of the molecule is C#C[C@]1(CO)O[C@@H](n2cnc3c(=NCc4oc(=O)oc4C)n(Cc4oc(=O)oc4C)c(Cl)nc32)C[C@@H]1OC(=O)CC(C)(C)c1c(C)cc(C)cc1OC(C)=O. The second-order valence-corrected chi connectivity index (χ2v) is 14.2. The Morgan fingerprint density at radius 2 is 1.78 bits per heavy atom. The molecule has 1 aromatic carbocycles. The van der Waals surface area contributed by atoms with E-state index in [4.69, 9.17) is 49.9 Å². The van der Waals surface area contributed by atoms with Gasteiger partial charge in [0.25, 0.3) is 0 Å². The van der Waals surface area contributed by atoms with E-state index >= 15 is 0 Å². The van der Waals surface area contributed by atoms with Crippen molar-refractivity contribution in [1.82, 2.24) is 19.1 Å². The average molecular weight is 780 g/mol. The van der Waals surface area contributed by atoms with Crippen molar-refractivity contribution >= 4 is 34.7 Å². The highest BCUT2D eigenvalue weighted by Crippen LogP contribution is 2.42. The number of esters is 2. The van der Waals surface area contributed by atoms with Crippen molar-refractivity contribution in [1.29, 1.82) is 0 Å². The Morgan fingerprint density at radius 1 is 1.11 bits per heavy atom. The highest BCUT2D eigenvalue weighted by Gasteiger charge is 2.51. The number of carbonyl (C=O) groups excluding carboxylic acids is 2. The molecule has 5 heterocycles. The molecule has 6 rings (SSSR count). The number of aromatic nitrogens is 4. The van der Waals surface area contributed by atoms with Crippen LogP contribution in [0.15, 0.2) is 50.7 Å². The smallest absolute Gasteiger partial charge is 0.458 e. The van der Waals surface area contributed by atoms with Crippen LogP contribution in [0.4, 0.5) is 0 Å². The van der Waals surface area contributed by atoms with Crippen LogP contribution in [0, 0.1) is 40.0 Å². The van der Waals surface area contributed by atoms with Gasteiger partial charge in [-0.1, -0.05) is 25.8 Å². The van der Waals surface area contributed by atoms with Crippen LogP contribution in [0.2, 0.25) is 5.28 Å². The Labute approximate surface area is 317 Å². The van der Waals surface area contributed by atoms with Gasteiger partial charge >= 0.3 is 23.6 Å². The second-order valence-electron chi connectivity index (χ2n) is 13.9. The molecule has 0 bridgehead atoms. The maximum atomic E-state index is 13.7. The van der Waals surface area contributed by atoms with Crippen LogP contribution in [0.3, 0.4) is 0 Å². The first-order chi connectivity index (χ1) is 25.9. The van der Waals surface area contributed by atoms with E-state index in [1.807, 2.05) is 33.8 Å². The number of rotatable bonds is 11. The second kappa shape index (κ2) is 14.9. The third-order valence-corrected chi connectivity index (χ3v) is 9.60. The fraction of sp³-hybridized carbons (Fsp3) is 0.432. The number of imidazole rings is 1. The molecule has 0 amide bonds. The molecule has 4 aromatic heterocycles. The standard InChI is InChI=1S/C37H38ClN5O12/c1-9-37(16-44)26(54-28(46)13-36(7,8)29-19(3)10-18(2)11-23(29)51-22(6)45)12-27(55-37)43-17-40-30-31(39-14-24-20(4)49-34(47)52-24)42(33(38)41-32(30)43)15-25-21(5)50-35(48)53-25/h1,10-11,17,26-27,44H,12-16H2,2-8H3/t26-,27+,37+/m0/s1. The van der Waals surface area contributed by atoms with Gasteiger partial charge in [-0.25, -0.2) is 14.6 Å². The van der Waals surface area contributed by atoms with E-state index in [-0.39, 0.29) is 70.9 Å². The van der Waals surface area contributed by atoms with Gasteiger partial charge in [-0.2, -0.15) is 4.98 Å². The monoisotopic (exact) mass is 779 g/mol. The number of aliphatic hydroxyl groups is 1. The van der Waals surface area contributed by atoms with Crippen LogP contribution in [0.5, 0.6) is 5.75 Å². The van der Waals surface area contributed by atoms with Crippen molar-refractivity contribution in [3.8, 4) is 18.1 Å². The van der Waals surface area contributed by atoms with Crippen LogP contribution in [-0.4, -0.2) is 54.5 Å². The fourth-order valence-corrected chi connectivity index (χ4v) is 7.09. The quantitative estimate of drug-likeness (QED) is 0.0872. The molecule has 55 heavy (non-hydrogen) atoms. The van der Waals surface area contributed by atoms with Crippen molar-refractivity contribution in [3.05, 3.63) is 90.2 Å². The van der Waals surface area contributed by atoms with Crippen molar-refractivity contribution in [2.75, 3.05) is 6.61 Å². The molecular formula is C37H38ClN5O12. The lowest BCUT2D eigenvalue weighted by Crippen LogP contribution is -2.44. The summed E-state index contributed by atoms with van der Waals surface area (Å²) < 4.78 is 41.0. The molecule has 1 saturated heterocycles. The van der Waals surface area contributed by atoms with E-state index in [1.165, 1.54) is 22.4 Å². The average Bonchev–Trinajstić information content (AvgIpc) is 3.83. The lowest BCUT2D eigenvalue weighted by atomic mass is 9.78. The number of halogens is 1. The van der Waals surface area contributed by atoms with E-state index < -0.39 is 53.5 Å². The zero-order chi connectivity index (χ0) is 40.0. The van der Waals surface area contributed by atoms with E-state index in [1.54, 1.807) is 19.9 Å². The minimum absolute atomic E-state index is 0.0238. The van der Waals surface area contributed by atoms with Crippen molar-refractivity contribution < 1.29 is 46.6 Å². The number of aryl methyl sites for hydroxylation is 4. The first-order valence-electron chi connectivity index (χ1n) is 17.0. The zero-order valence-corrected chi connectivity index (χ0v) is 31.8. The third kappa shape index (κ3) is 7.66. The number of ether oxygens (including phenoxy) is 3. The van der Waals surface area contributed by atoms with Gasteiger partial charge in [0.15, 0.2) is 33.8 Å². The maximum Gasteiger partial charge on any atom is 0.519 e. The predicted octanol–water partition coefficient (Wildman–Crippen LogP) is 3.85. The number of hydrogen-bond donors (Lipinski definition) is 1. The van der Waals surface area contributed by atoms with Crippen molar-refractivity contribution in [2.45, 2.75) is 97.7 Å². The van der Waals surface area contributed by atoms with Gasteiger partial charge in [-0.3, -0.25) is 23.7 Å². The number of carbonyl (C=O) groups is 2. The Balaban J connectivity index is 1.34. The molecule has 5 aromatic rings. The molecule has 0 radical (unpaired) electrons. The molecule has 290 valence electrons. The number of fused-ring (bicyclic) bond motifs is 1. The number of aliphatic hydroxyl groups excluding tert-OH is 1. The van der Waals surface area contributed by atoms with Crippen LogP contribution < -0.4 is 21.9 Å². The third-order valence-electron chi connectivity index (χ3n) is 9.31. The van der Waals surface area contributed by atoms with E-state index in [2.05, 4.69) is 20.9 Å². The zero-order valence-electron chi connectivity index (χ0n) is 31.1. The fourth-order valence-electron chi connectivity index (χ4n) is 6.87. The Bertz CT molecular complexity index is 2540. The highest BCUT2D eigenvalue weighted by atomic mass is 35.5. The lowest BCUT2D eigenvalue weighted by Gasteiger charge is -2.31. The molecule has 0 unspecified atom stereocenters. The molecular weight excluding hydrogens is 742 g/mol. The van der Waals surface area contributed by atoms with E-state index in [9.17, 15) is 24.3 Å². The molecule has 1 aliphatic heterocycles. The molecule has 1 N–H and O–H groups in total. The number of nitrogens with zero attached hydrogens (tertiary/aromatic N) is 5. The summed E-state index contributed by atoms with van der Waals surface area (Å²) in [7, 11) is 0. The summed E-state index contributed by atoms with van der Waals surface area (Å²) in [5.41, 5.74) is 0.287. The largest absolute Gasteiger partial charge is 0.519 e. The van der Waals surface area contributed by atoms with Gasteiger partial charge in [0, 0.05) is 24.3 Å². The maximum absolute atomic E-state index is 13.7. The summed E-state index contributed by atoms with van der Waals surface area (Å²) in [5.74, 6) is 0.600. The summed E-state index contributed by atoms with van der Waals surface area (Å²) in [6.07, 6.45) is 5.08. The normalized spacial score (nSPS) is 18.9. The van der Waals surface area contributed by atoms with E-state index in [0.717, 1.165) is 11.1 Å². The number of terminal acetylenes is 1. The van der Waals surface area contributed by atoms with Crippen molar-refractivity contribution in [2.24, 2.45) is 4.99 Å². The number of hydrogen-bond acceptors (Lipinski definition) is 15. The van der Waals surface area contributed by atoms with Gasteiger partial charge in [0.2, 0.25) is 5.28 Å². The Kier molecular flexibility index (Phi) is 10.5. The summed E-state index contributed by atoms with van der Waals surface area (Å²) in [4.78, 5) is 62.9. The molecule has 1 aliphatic rings. The Hall–Kier alpha value is -5.70. The summed E-state index contributed by atoms with van der Waals surface area (Å²) in [5, 5.41) is 10.4. The van der Waals surface area contributed by atoms with Crippen LogP contribution in [0.1, 0.15) is 79.6 Å². The van der Waals surface area contributed by atoms with Gasteiger partial charge in [0.1, 0.15) is 36.1 Å². The van der Waals surface area contributed by atoms with Crippen LogP contribution in [0.25, 0.3) is 11.2 Å². The molecule has 18 heteroatoms. The minimum atomic E-state index is -1.75. The minimum Gasteiger partial charge on any atom is -0.458 e. The summed E-state index contributed by atoms with van der Waals surface area (Å²) in [6.45, 7) is 10.8. The van der Waals surface area contributed by atoms with Gasteiger partial charge in [0.05, 0.1) is 25.9 Å². The molecule has 0 spiro atoms. The first-order valence-corrected chi connectivity index (χ1v) is 17.4. The van der Waals surface area contributed by atoms with Gasteiger partial charge in [-0.15, -0.1) is 6.42 Å². The van der Waals surface area contributed by atoms with Gasteiger partial charge < -0.3 is 37.0 Å². The Morgan fingerprint density at radius 3 is 2.38 bits per heavy atom. The number of benzene rings is 1. The van der Waals surface area contributed by atoms with E-state index in [0.29, 0.717) is 11.3 Å². The van der Waals surface area contributed by atoms with Crippen LogP contribution in [-0.2, 0) is 37.6 Å². The highest BCUT2D eigenvalue weighted by molar-refractivity contribution is 6.28. The van der Waals surface area contributed by atoms with Crippen LogP contribution >= 0.6 is 11.6 Å². The predicted molar refractivity (Wildman–Crippen MR) is 191 cm³/mol. The molecule has 1 fully saturated rings. The molecule has 3 atom stereocenters. The lowest BCUT2D eigenvalue weighted by molar-refractivity contribution is -0.160. The molecule has 17 nitrogen and oxygen atoms in total. The van der Waals surface area contributed by atoms with Gasteiger partial charge in [-0.05, 0) is 56.5 Å². The first kappa shape index (κ1) is 39.0. The topological polar surface area (TPSA) is 217 Å². The molecule has 0 saturated carbocycles. The van der Waals surface area contributed by atoms with Crippen molar-refractivity contribution in [3.63, 3.8) is 0 Å². The summed E-state index contributed by atoms with van der Waals surface area (Å²) >= 11 is 6.75. The summed E-state index contributed by atoms with van der Waals surface area (Å²) in [6, 6.07) is 3.67. The molecule has 0 aliphatic carbocycles.